The van der Waals surface area contributed by atoms with E-state index in [4.69, 9.17) is 20.7 Å². The van der Waals surface area contributed by atoms with E-state index in [2.05, 4.69) is 15.1 Å². The molecule has 9 nitrogen and oxygen atoms in total. The second kappa shape index (κ2) is 8.64. The summed E-state index contributed by atoms with van der Waals surface area (Å²) in [6.45, 7) is 7.99. The van der Waals surface area contributed by atoms with E-state index >= 15 is 0 Å². The number of benzene rings is 1. The van der Waals surface area contributed by atoms with Crippen molar-refractivity contribution in [2.45, 2.75) is 46.3 Å². The minimum absolute atomic E-state index is 0.0511. The van der Waals surface area contributed by atoms with E-state index in [-0.39, 0.29) is 12.5 Å². The normalized spacial score (nSPS) is 14.1. The van der Waals surface area contributed by atoms with Gasteiger partial charge in [-0.3, -0.25) is 9.69 Å². The molecule has 1 aliphatic heterocycles. The van der Waals surface area contributed by atoms with Crippen LogP contribution < -0.4 is 10.5 Å². The fraction of sp³-hybridized carbons (Fsp3) is 0.429. The van der Waals surface area contributed by atoms with Crippen molar-refractivity contribution in [3.05, 3.63) is 35.2 Å². The molecule has 0 atom stereocenters. The van der Waals surface area contributed by atoms with Crippen molar-refractivity contribution in [1.29, 1.82) is 0 Å². The van der Waals surface area contributed by atoms with Crippen LogP contribution in [0.15, 0.2) is 18.2 Å². The van der Waals surface area contributed by atoms with E-state index in [1.807, 2.05) is 43.7 Å². The highest BCUT2D eigenvalue weighted by Gasteiger charge is 2.24. The van der Waals surface area contributed by atoms with Gasteiger partial charge in [-0.15, -0.1) is 10.2 Å². The molecular weight excluding hydrogens is 416 g/mol. The minimum atomic E-state index is -0.774. The van der Waals surface area contributed by atoms with Crippen molar-refractivity contribution in [3.8, 4) is 21.5 Å². The van der Waals surface area contributed by atoms with Gasteiger partial charge in [-0.2, -0.15) is 5.10 Å². The quantitative estimate of drug-likeness (QED) is 0.536. The molecule has 0 aliphatic carbocycles. The van der Waals surface area contributed by atoms with Crippen LogP contribution in [0.4, 0.5) is 5.69 Å². The number of ether oxygens (including phenoxy) is 1. The summed E-state index contributed by atoms with van der Waals surface area (Å²) in [6.07, 6.45) is 0.990. The molecular formula is C21H26N6O3S. The number of carbonyl (C=O) groups is 1. The first-order valence-electron chi connectivity index (χ1n) is 10.2. The largest absolute Gasteiger partial charge is 0.489 e. The first-order chi connectivity index (χ1) is 14.8. The summed E-state index contributed by atoms with van der Waals surface area (Å²) in [7, 11) is 0. The van der Waals surface area contributed by atoms with Crippen LogP contribution in [0.5, 0.6) is 5.75 Å². The predicted octanol–water partition coefficient (Wildman–Crippen LogP) is 2.90. The Morgan fingerprint density at radius 1 is 1.35 bits per heavy atom. The molecule has 31 heavy (non-hydrogen) atoms. The van der Waals surface area contributed by atoms with E-state index < -0.39 is 5.97 Å². The van der Waals surface area contributed by atoms with Crippen LogP contribution in [0, 0.1) is 6.92 Å². The van der Waals surface area contributed by atoms with Crippen LogP contribution in [0.1, 0.15) is 37.2 Å². The highest BCUT2D eigenvalue weighted by molar-refractivity contribution is 7.17. The van der Waals surface area contributed by atoms with Gasteiger partial charge in [0.1, 0.15) is 10.8 Å². The van der Waals surface area contributed by atoms with Crippen LogP contribution in [-0.4, -0.2) is 55.1 Å². The third kappa shape index (κ3) is 4.54. The molecule has 4 rings (SSSR count). The lowest BCUT2D eigenvalue weighted by Gasteiger charge is -2.25. The lowest BCUT2D eigenvalue weighted by molar-refractivity contribution is -0.137. The number of aromatic nitrogens is 4. The first-order valence-corrected chi connectivity index (χ1v) is 11.1. The monoisotopic (exact) mass is 442 g/mol. The number of fused-ring (bicyclic) bond motifs is 1. The number of anilines is 1. The molecule has 0 saturated carbocycles. The fourth-order valence-corrected chi connectivity index (χ4v) is 4.50. The summed E-state index contributed by atoms with van der Waals surface area (Å²) in [5.74, 6) is -0.115. The molecule has 2 aromatic heterocycles. The van der Waals surface area contributed by atoms with Gasteiger partial charge in [-0.05, 0) is 39.0 Å². The molecule has 0 spiro atoms. The van der Waals surface area contributed by atoms with Crippen LogP contribution in [0.25, 0.3) is 15.7 Å². The summed E-state index contributed by atoms with van der Waals surface area (Å²) in [5, 5.41) is 23.8. The SMILES string of the molecule is Cc1c2c(nn1-c1nnc(-c3ccc(OC(C)C)c(N)c3)s1)CCN(CCC(=O)O)C2. The van der Waals surface area contributed by atoms with E-state index in [0.717, 1.165) is 40.5 Å². The zero-order chi connectivity index (χ0) is 22.1. The van der Waals surface area contributed by atoms with Crippen molar-refractivity contribution in [3.63, 3.8) is 0 Å². The summed E-state index contributed by atoms with van der Waals surface area (Å²) < 4.78 is 7.54. The molecule has 10 heteroatoms. The lowest BCUT2D eigenvalue weighted by atomic mass is 10.1. The molecule has 0 radical (unpaired) electrons. The Morgan fingerprint density at radius 2 is 2.16 bits per heavy atom. The van der Waals surface area contributed by atoms with Crippen molar-refractivity contribution in [2.24, 2.45) is 0 Å². The number of aliphatic carboxylic acids is 1. The highest BCUT2D eigenvalue weighted by Crippen LogP contribution is 2.33. The van der Waals surface area contributed by atoms with Gasteiger partial charge >= 0.3 is 5.97 Å². The second-order valence-corrected chi connectivity index (χ2v) is 8.86. The van der Waals surface area contributed by atoms with Gasteiger partial charge in [-0.25, -0.2) is 4.68 Å². The molecule has 164 valence electrons. The number of nitrogens with zero attached hydrogens (tertiary/aromatic N) is 5. The third-order valence-electron chi connectivity index (χ3n) is 5.23. The molecule has 0 fully saturated rings. The van der Waals surface area contributed by atoms with Crippen LogP contribution in [0.2, 0.25) is 0 Å². The maximum atomic E-state index is 10.9. The van der Waals surface area contributed by atoms with E-state index in [9.17, 15) is 4.79 Å². The molecule has 0 saturated heterocycles. The molecule has 0 amide bonds. The van der Waals surface area contributed by atoms with Gasteiger partial charge in [0.05, 0.1) is 23.9 Å². The Labute approximate surface area is 184 Å². The van der Waals surface area contributed by atoms with Crippen LogP contribution in [0.3, 0.4) is 0 Å². The fourth-order valence-electron chi connectivity index (χ4n) is 3.66. The van der Waals surface area contributed by atoms with Crippen molar-refractivity contribution < 1.29 is 14.6 Å². The molecule has 3 N–H and O–H groups in total. The maximum Gasteiger partial charge on any atom is 0.304 e. The van der Waals surface area contributed by atoms with Gasteiger partial charge < -0.3 is 15.6 Å². The van der Waals surface area contributed by atoms with Gasteiger partial charge in [0, 0.05) is 42.9 Å². The molecule has 3 heterocycles. The lowest BCUT2D eigenvalue weighted by Crippen LogP contribution is -2.32. The van der Waals surface area contributed by atoms with E-state index in [0.29, 0.717) is 29.7 Å². The molecule has 1 aromatic carbocycles. The number of nitrogen functional groups attached to an aromatic ring is 1. The predicted molar refractivity (Wildman–Crippen MR) is 119 cm³/mol. The Balaban J connectivity index is 1.55. The molecule has 1 aliphatic rings. The summed E-state index contributed by atoms with van der Waals surface area (Å²) in [4.78, 5) is 13.0. The Kier molecular flexibility index (Phi) is 5.92. The number of carboxylic acid groups (broad SMARTS) is 1. The Hall–Kier alpha value is -2.98. The standard InChI is InChI=1S/C21H26N6O3S/c1-12(2)30-18-5-4-14(10-16(18)22)20-23-24-21(31-20)27-13(3)15-11-26(9-7-19(28)29)8-6-17(15)25-27/h4-5,10,12H,6-9,11,22H2,1-3H3,(H,28,29). The van der Waals surface area contributed by atoms with Crippen molar-refractivity contribution in [2.75, 3.05) is 18.8 Å². The number of rotatable bonds is 7. The third-order valence-corrected chi connectivity index (χ3v) is 6.17. The zero-order valence-electron chi connectivity index (χ0n) is 17.8. The van der Waals surface area contributed by atoms with Gasteiger partial charge in [0.15, 0.2) is 0 Å². The molecule has 0 unspecified atom stereocenters. The molecule has 3 aromatic rings. The summed E-state index contributed by atoms with van der Waals surface area (Å²) in [5.41, 5.74) is 10.8. The van der Waals surface area contributed by atoms with Crippen molar-refractivity contribution >= 4 is 23.0 Å². The van der Waals surface area contributed by atoms with Gasteiger partial charge in [0.2, 0.25) is 5.13 Å². The van der Waals surface area contributed by atoms with Crippen LogP contribution >= 0.6 is 11.3 Å². The molecule has 0 bridgehead atoms. The first kappa shape index (κ1) is 21.3. The number of hydrogen-bond donors (Lipinski definition) is 2. The van der Waals surface area contributed by atoms with Crippen LogP contribution in [-0.2, 0) is 17.8 Å². The minimum Gasteiger partial charge on any atom is -0.489 e. The number of carboxylic acids is 1. The smallest absolute Gasteiger partial charge is 0.304 e. The van der Waals surface area contributed by atoms with Crippen molar-refractivity contribution in [1.82, 2.24) is 24.9 Å². The zero-order valence-corrected chi connectivity index (χ0v) is 18.6. The number of nitrogens with two attached hydrogens (primary N) is 1. The maximum absolute atomic E-state index is 10.9. The highest BCUT2D eigenvalue weighted by atomic mass is 32.1. The summed E-state index contributed by atoms with van der Waals surface area (Å²) in [6, 6.07) is 5.64. The Bertz CT molecular complexity index is 1110. The van der Waals surface area contributed by atoms with Gasteiger partial charge in [-0.1, -0.05) is 11.3 Å². The average molecular weight is 443 g/mol. The topological polar surface area (TPSA) is 119 Å². The number of hydrogen-bond acceptors (Lipinski definition) is 8. The van der Waals surface area contributed by atoms with E-state index in [1.54, 1.807) is 0 Å². The average Bonchev–Trinajstić information content (AvgIpc) is 3.33. The summed E-state index contributed by atoms with van der Waals surface area (Å²) >= 11 is 1.45. The van der Waals surface area contributed by atoms with Gasteiger partial charge in [0.25, 0.3) is 0 Å². The second-order valence-electron chi connectivity index (χ2n) is 7.90. The van der Waals surface area contributed by atoms with E-state index in [1.165, 1.54) is 11.3 Å². The Morgan fingerprint density at radius 3 is 2.87 bits per heavy atom.